The molecule has 3 heteroatoms. The zero-order valence-corrected chi connectivity index (χ0v) is 11.6. The molecule has 0 spiro atoms. The second-order valence-corrected chi connectivity index (χ2v) is 6.47. The molecular weight excluding hydrogens is 202 g/mol. The zero-order valence-electron chi connectivity index (χ0n) is 11.6. The molecule has 96 valence electrons. The first-order valence-electron chi connectivity index (χ1n) is 5.99. The smallest absolute Gasteiger partial charge is 0.225 e. The third kappa shape index (κ3) is 8.72. The van der Waals surface area contributed by atoms with Crippen molar-refractivity contribution in [2.75, 3.05) is 19.8 Å². The molecule has 0 fully saturated rings. The fourth-order valence-corrected chi connectivity index (χ4v) is 1.02. The van der Waals surface area contributed by atoms with Gasteiger partial charge in [0.2, 0.25) is 5.91 Å². The number of rotatable bonds is 5. The largest absolute Gasteiger partial charge is 0.381 e. The second kappa shape index (κ2) is 6.24. The minimum atomic E-state index is -0.299. The summed E-state index contributed by atoms with van der Waals surface area (Å²) in [5.41, 5.74) is -0.0824. The molecule has 0 atom stereocenters. The van der Waals surface area contributed by atoms with Gasteiger partial charge in [-0.25, -0.2) is 0 Å². The number of carbonyl (C=O) groups excluding carboxylic acids is 1. The molecule has 1 amide bonds. The number of nitrogens with one attached hydrogen (secondary N) is 1. The second-order valence-electron chi connectivity index (χ2n) is 6.47. The van der Waals surface area contributed by atoms with Gasteiger partial charge in [0.25, 0.3) is 0 Å². The average molecular weight is 229 g/mol. The number of ether oxygens (including phenoxy) is 1. The van der Waals surface area contributed by atoms with E-state index >= 15 is 0 Å². The van der Waals surface area contributed by atoms with Gasteiger partial charge >= 0.3 is 0 Å². The van der Waals surface area contributed by atoms with Gasteiger partial charge in [0.05, 0.1) is 6.61 Å². The Kier molecular flexibility index (Phi) is 6.01. The van der Waals surface area contributed by atoms with Gasteiger partial charge in [0.15, 0.2) is 0 Å². The van der Waals surface area contributed by atoms with Gasteiger partial charge in [0, 0.05) is 18.6 Å². The standard InChI is InChI=1S/C13H27NO2/c1-12(2,3)10-16-9-7-8-14-11(15)13(4,5)6/h7-10H2,1-6H3,(H,14,15). The van der Waals surface area contributed by atoms with Crippen molar-refractivity contribution in [1.29, 1.82) is 0 Å². The van der Waals surface area contributed by atoms with E-state index in [0.29, 0.717) is 13.2 Å². The molecule has 0 rings (SSSR count). The third-order valence-electron chi connectivity index (χ3n) is 1.97. The third-order valence-corrected chi connectivity index (χ3v) is 1.97. The Hall–Kier alpha value is -0.570. The summed E-state index contributed by atoms with van der Waals surface area (Å²) in [7, 11) is 0. The van der Waals surface area contributed by atoms with E-state index in [1.807, 2.05) is 20.8 Å². The molecular formula is C13H27NO2. The molecule has 0 aromatic heterocycles. The summed E-state index contributed by atoms with van der Waals surface area (Å²) in [5.74, 6) is 0.100. The number of amides is 1. The van der Waals surface area contributed by atoms with Crippen molar-refractivity contribution in [3.05, 3.63) is 0 Å². The van der Waals surface area contributed by atoms with Crippen molar-refractivity contribution >= 4 is 5.91 Å². The highest BCUT2D eigenvalue weighted by molar-refractivity contribution is 5.81. The van der Waals surface area contributed by atoms with Crippen LogP contribution in [-0.4, -0.2) is 25.7 Å². The van der Waals surface area contributed by atoms with Crippen LogP contribution >= 0.6 is 0 Å². The molecule has 0 saturated carbocycles. The van der Waals surface area contributed by atoms with Gasteiger partial charge in [0.1, 0.15) is 0 Å². The average Bonchev–Trinajstić information content (AvgIpc) is 2.07. The fourth-order valence-electron chi connectivity index (χ4n) is 1.02. The fraction of sp³-hybridized carbons (Fsp3) is 0.923. The lowest BCUT2D eigenvalue weighted by molar-refractivity contribution is -0.128. The summed E-state index contributed by atoms with van der Waals surface area (Å²) in [6.07, 6.45) is 0.873. The van der Waals surface area contributed by atoms with Crippen LogP contribution in [0.25, 0.3) is 0 Å². The molecule has 3 nitrogen and oxygen atoms in total. The van der Waals surface area contributed by atoms with E-state index in [1.54, 1.807) is 0 Å². The summed E-state index contributed by atoms with van der Waals surface area (Å²) in [4.78, 5) is 11.5. The first kappa shape index (κ1) is 15.4. The van der Waals surface area contributed by atoms with Crippen molar-refractivity contribution in [2.24, 2.45) is 10.8 Å². The highest BCUT2D eigenvalue weighted by Gasteiger charge is 2.20. The van der Waals surface area contributed by atoms with Gasteiger partial charge < -0.3 is 10.1 Å². The van der Waals surface area contributed by atoms with Crippen LogP contribution in [0.4, 0.5) is 0 Å². The molecule has 0 heterocycles. The van der Waals surface area contributed by atoms with Crippen LogP contribution in [0.1, 0.15) is 48.0 Å². The summed E-state index contributed by atoms with van der Waals surface area (Å²) in [6, 6.07) is 0. The summed E-state index contributed by atoms with van der Waals surface area (Å²) >= 11 is 0. The normalized spacial score (nSPS) is 12.6. The Labute approximate surface area is 99.9 Å². The lowest BCUT2D eigenvalue weighted by atomic mass is 9.96. The molecule has 0 aliphatic carbocycles. The van der Waals surface area contributed by atoms with E-state index < -0.39 is 0 Å². The van der Waals surface area contributed by atoms with Crippen molar-refractivity contribution in [1.82, 2.24) is 5.32 Å². The number of hydrogen-bond donors (Lipinski definition) is 1. The lowest BCUT2D eigenvalue weighted by Gasteiger charge is -2.19. The minimum Gasteiger partial charge on any atom is -0.381 e. The van der Waals surface area contributed by atoms with Gasteiger partial charge in [-0.2, -0.15) is 0 Å². The van der Waals surface area contributed by atoms with Crippen LogP contribution in [0.5, 0.6) is 0 Å². The lowest BCUT2D eigenvalue weighted by Crippen LogP contribution is -2.35. The molecule has 0 bridgehead atoms. The summed E-state index contributed by atoms with van der Waals surface area (Å²) in [5, 5.41) is 2.90. The molecule has 0 radical (unpaired) electrons. The molecule has 1 N–H and O–H groups in total. The van der Waals surface area contributed by atoms with E-state index in [4.69, 9.17) is 4.74 Å². The minimum absolute atomic E-state index is 0.100. The molecule has 0 unspecified atom stereocenters. The van der Waals surface area contributed by atoms with Gasteiger partial charge in [-0.05, 0) is 11.8 Å². The van der Waals surface area contributed by atoms with E-state index in [0.717, 1.165) is 13.0 Å². The SMILES string of the molecule is CC(C)(C)COCCCNC(=O)C(C)(C)C. The molecule has 0 aliphatic heterocycles. The summed E-state index contributed by atoms with van der Waals surface area (Å²) < 4.78 is 5.51. The molecule has 0 aromatic rings. The van der Waals surface area contributed by atoms with Crippen LogP contribution in [0.2, 0.25) is 0 Å². The maximum absolute atomic E-state index is 11.5. The van der Waals surface area contributed by atoms with Crippen molar-refractivity contribution < 1.29 is 9.53 Å². The molecule has 0 aromatic carbocycles. The zero-order chi connectivity index (χ0) is 12.8. The summed E-state index contributed by atoms with van der Waals surface area (Å²) in [6.45, 7) is 14.4. The van der Waals surface area contributed by atoms with Crippen molar-refractivity contribution in [3.8, 4) is 0 Å². The Morgan fingerprint density at radius 3 is 2.12 bits per heavy atom. The molecule has 0 aliphatic rings. The molecule has 16 heavy (non-hydrogen) atoms. The predicted molar refractivity (Wildman–Crippen MR) is 67.4 cm³/mol. The number of carbonyl (C=O) groups is 1. The highest BCUT2D eigenvalue weighted by atomic mass is 16.5. The maximum Gasteiger partial charge on any atom is 0.225 e. The van der Waals surface area contributed by atoms with Gasteiger partial charge in [-0.3, -0.25) is 4.79 Å². The first-order chi connectivity index (χ1) is 7.13. The van der Waals surface area contributed by atoms with Crippen LogP contribution in [0.3, 0.4) is 0 Å². The maximum atomic E-state index is 11.5. The van der Waals surface area contributed by atoms with Crippen LogP contribution in [0.15, 0.2) is 0 Å². The Bertz CT molecular complexity index is 211. The predicted octanol–water partition coefficient (Wildman–Crippen LogP) is 2.60. The van der Waals surface area contributed by atoms with Gasteiger partial charge in [-0.1, -0.05) is 41.5 Å². The van der Waals surface area contributed by atoms with Crippen LogP contribution in [-0.2, 0) is 9.53 Å². The molecule has 0 saturated heterocycles. The quantitative estimate of drug-likeness (QED) is 0.736. The first-order valence-corrected chi connectivity index (χ1v) is 5.99. The van der Waals surface area contributed by atoms with E-state index in [9.17, 15) is 4.79 Å². The monoisotopic (exact) mass is 229 g/mol. The topological polar surface area (TPSA) is 38.3 Å². The van der Waals surface area contributed by atoms with Crippen LogP contribution in [0, 0.1) is 10.8 Å². The van der Waals surface area contributed by atoms with Crippen LogP contribution < -0.4 is 5.32 Å². The Balaban J connectivity index is 3.45. The van der Waals surface area contributed by atoms with Gasteiger partial charge in [-0.15, -0.1) is 0 Å². The highest BCUT2D eigenvalue weighted by Crippen LogP contribution is 2.13. The Morgan fingerprint density at radius 2 is 1.69 bits per heavy atom. The van der Waals surface area contributed by atoms with E-state index in [2.05, 4.69) is 26.1 Å². The van der Waals surface area contributed by atoms with Crippen molar-refractivity contribution in [3.63, 3.8) is 0 Å². The Morgan fingerprint density at radius 1 is 1.12 bits per heavy atom. The number of hydrogen-bond acceptors (Lipinski definition) is 2. The van der Waals surface area contributed by atoms with E-state index in [1.165, 1.54) is 0 Å². The van der Waals surface area contributed by atoms with Crippen molar-refractivity contribution in [2.45, 2.75) is 48.0 Å². The van der Waals surface area contributed by atoms with E-state index in [-0.39, 0.29) is 16.7 Å².